The number of carboxylic acid groups (broad SMARTS) is 1. The van der Waals surface area contributed by atoms with Crippen LogP contribution in [0.4, 0.5) is 0 Å². The largest absolute Gasteiger partial charge is 0.481 e. The van der Waals surface area contributed by atoms with Crippen LogP contribution >= 0.6 is 11.8 Å². The summed E-state index contributed by atoms with van der Waals surface area (Å²) in [6, 6.07) is 10.1. The van der Waals surface area contributed by atoms with Crippen molar-refractivity contribution in [2.24, 2.45) is 0 Å². The van der Waals surface area contributed by atoms with Crippen LogP contribution in [0.25, 0.3) is 0 Å². The molecular formula is C13H16O2S. The summed E-state index contributed by atoms with van der Waals surface area (Å²) in [4.78, 5) is 11.6. The van der Waals surface area contributed by atoms with E-state index in [1.54, 1.807) is 11.8 Å². The van der Waals surface area contributed by atoms with E-state index in [4.69, 9.17) is 5.11 Å². The maximum absolute atomic E-state index is 10.6. The van der Waals surface area contributed by atoms with Crippen molar-refractivity contribution in [1.29, 1.82) is 0 Å². The molecule has 1 N–H and O–H groups in total. The SMILES string of the molecule is CC/C=C(/CC(=O)O)SCc1ccccc1. The zero-order chi connectivity index (χ0) is 11.8. The van der Waals surface area contributed by atoms with Gasteiger partial charge < -0.3 is 5.11 Å². The van der Waals surface area contributed by atoms with Gasteiger partial charge in [0.1, 0.15) is 0 Å². The average Bonchev–Trinajstić information content (AvgIpc) is 2.27. The molecule has 0 fully saturated rings. The van der Waals surface area contributed by atoms with Gasteiger partial charge in [-0.1, -0.05) is 43.3 Å². The van der Waals surface area contributed by atoms with Crippen LogP contribution in [0, 0.1) is 0 Å². The lowest BCUT2D eigenvalue weighted by molar-refractivity contribution is -0.136. The maximum Gasteiger partial charge on any atom is 0.308 e. The molecule has 0 bridgehead atoms. The van der Waals surface area contributed by atoms with Crippen LogP contribution in [0.1, 0.15) is 25.3 Å². The predicted octanol–water partition coefficient (Wildman–Crippen LogP) is 3.69. The molecule has 0 amide bonds. The van der Waals surface area contributed by atoms with Gasteiger partial charge in [-0.3, -0.25) is 4.79 Å². The van der Waals surface area contributed by atoms with E-state index in [0.717, 1.165) is 17.1 Å². The fourth-order valence-corrected chi connectivity index (χ4v) is 2.36. The number of aliphatic carboxylic acids is 1. The van der Waals surface area contributed by atoms with Crippen LogP contribution < -0.4 is 0 Å². The van der Waals surface area contributed by atoms with Crippen LogP contribution in [0.3, 0.4) is 0 Å². The normalized spacial score (nSPS) is 11.4. The molecule has 0 saturated heterocycles. The van der Waals surface area contributed by atoms with Gasteiger partial charge in [-0.15, -0.1) is 11.8 Å². The minimum absolute atomic E-state index is 0.130. The van der Waals surface area contributed by atoms with E-state index in [9.17, 15) is 4.79 Å². The first kappa shape index (κ1) is 12.8. The third-order valence-corrected chi connectivity index (χ3v) is 3.18. The lowest BCUT2D eigenvalue weighted by Crippen LogP contribution is -1.95. The van der Waals surface area contributed by atoms with Gasteiger partial charge in [0.05, 0.1) is 6.42 Å². The van der Waals surface area contributed by atoms with Gasteiger partial charge in [0.15, 0.2) is 0 Å². The summed E-state index contributed by atoms with van der Waals surface area (Å²) in [6.45, 7) is 2.02. The molecule has 0 atom stereocenters. The summed E-state index contributed by atoms with van der Waals surface area (Å²) in [5.74, 6) is 0.0696. The number of carboxylic acids is 1. The van der Waals surface area contributed by atoms with Crippen LogP contribution in [0.15, 0.2) is 41.3 Å². The number of rotatable bonds is 6. The van der Waals surface area contributed by atoms with Crippen LogP contribution in [-0.4, -0.2) is 11.1 Å². The fraction of sp³-hybridized carbons (Fsp3) is 0.308. The monoisotopic (exact) mass is 236 g/mol. The second-order valence-corrected chi connectivity index (χ2v) is 4.53. The van der Waals surface area contributed by atoms with E-state index in [1.165, 1.54) is 5.56 Å². The Labute approximate surface area is 100 Å². The molecular weight excluding hydrogens is 220 g/mol. The molecule has 1 rings (SSSR count). The first-order valence-electron chi connectivity index (χ1n) is 5.30. The summed E-state index contributed by atoms with van der Waals surface area (Å²) in [7, 11) is 0. The highest BCUT2D eigenvalue weighted by Crippen LogP contribution is 2.24. The maximum atomic E-state index is 10.6. The first-order chi connectivity index (χ1) is 7.72. The third kappa shape index (κ3) is 5.03. The minimum Gasteiger partial charge on any atom is -0.481 e. The van der Waals surface area contributed by atoms with Crippen molar-refractivity contribution in [3.8, 4) is 0 Å². The Morgan fingerprint density at radius 2 is 2.06 bits per heavy atom. The predicted molar refractivity (Wildman–Crippen MR) is 68.4 cm³/mol. The molecule has 0 heterocycles. The molecule has 0 radical (unpaired) electrons. The van der Waals surface area contributed by atoms with Crippen molar-refractivity contribution in [2.75, 3.05) is 0 Å². The molecule has 2 nitrogen and oxygen atoms in total. The highest BCUT2D eigenvalue weighted by atomic mass is 32.2. The van der Waals surface area contributed by atoms with Crippen molar-refractivity contribution in [2.45, 2.75) is 25.5 Å². The van der Waals surface area contributed by atoms with Crippen LogP contribution in [-0.2, 0) is 10.5 Å². The Hall–Kier alpha value is -1.22. The summed E-state index contributed by atoms with van der Waals surface area (Å²) < 4.78 is 0. The topological polar surface area (TPSA) is 37.3 Å². The highest BCUT2D eigenvalue weighted by molar-refractivity contribution is 8.02. The van der Waals surface area contributed by atoms with Gasteiger partial charge in [0.2, 0.25) is 0 Å². The Morgan fingerprint density at radius 1 is 1.38 bits per heavy atom. The first-order valence-corrected chi connectivity index (χ1v) is 6.28. The van der Waals surface area contributed by atoms with Gasteiger partial charge in [0.25, 0.3) is 0 Å². The van der Waals surface area contributed by atoms with E-state index in [-0.39, 0.29) is 6.42 Å². The second-order valence-electron chi connectivity index (χ2n) is 3.42. The quantitative estimate of drug-likeness (QED) is 0.818. The molecule has 0 saturated carbocycles. The molecule has 86 valence electrons. The van der Waals surface area contributed by atoms with E-state index in [0.29, 0.717) is 0 Å². The summed E-state index contributed by atoms with van der Waals surface area (Å²) in [5, 5.41) is 8.75. The van der Waals surface area contributed by atoms with Crippen molar-refractivity contribution in [3.05, 3.63) is 46.9 Å². The number of hydrogen-bond acceptors (Lipinski definition) is 2. The third-order valence-electron chi connectivity index (χ3n) is 2.02. The highest BCUT2D eigenvalue weighted by Gasteiger charge is 2.04. The van der Waals surface area contributed by atoms with Crippen molar-refractivity contribution >= 4 is 17.7 Å². The molecule has 0 aromatic heterocycles. The number of allylic oxidation sites excluding steroid dienone is 1. The summed E-state index contributed by atoms with van der Waals surface area (Å²) in [5.41, 5.74) is 1.22. The zero-order valence-electron chi connectivity index (χ0n) is 9.35. The fourth-order valence-electron chi connectivity index (χ4n) is 1.31. The molecule has 0 aliphatic carbocycles. The molecule has 1 aromatic rings. The molecule has 0 aliphatic rings. The Bertz CT molecular complexity index is 357. The van der Waals surface area contributed by atoms with E-state index < -0.39 is 5.97 Å². The Kier molecular flexibility index (Phi) is 5.72. The van der Waals surface area contributed by atoms with Crippen molar-refractivity contribution < 1.29 is 9.90 Å². The van der Waals surface area contributed by atoms with Gasteiger partial charge in [-0.2, -0.15) is 0 Å². The van der Waals surface area contributed by atoms with Crippen molar-refractivity contribution in [3.63, 3.8) is 0 Å². The van der Waals surface area contributed by atoms with Crippen LogP contribution in [0.2, 0.25) is 0 Å². The molecule has 0 spiro atoms. The van der Waals surface area contributed by atoms with Crippen molar-refractivity contribution in [1.82, 2.24) is 0 Å². The second kappa shape index (κ2) is 7.12. The van der Waals surface area contributed by atoms with E-state index in [2.05, 4.69) is 12.1 Å². The van der Waals surface area contributed by atoms with Gasteiger partial charge in [0, 0.05) is 5.75 Å². The number of hydrogen-bond donors (Lipinski definition) is 1. The molecule has 1 aromatic carbocycles. The number of carbonyl (C=O) groups is 1. The van der Waals surface area contributed by atoms with Gasteiger partial charge >= 0.3 is 5.97 Å². The van der Waals surface area contributed by atoms with E-state index >= 15 is 0 Å². The Morgan fingerprint density at radius 3 is 2.62 bits per heavy atom. The lowest BCUT2D eigenvalue weighted by atomic mass is 10.2. The molecule has 0 unspecified atom stereocenters. The Balaban J connectivity index is 2.50. The zero-order valence-corrected chi connectivity index (χ0v) is 10.2. The molecule has 3 heteroatoms. The molecule has 16 heavy (non-hydrogen) atoms. The average molecular weight is 236 g/mol. The van der Waals surface area contributed by atoms with Crippen LogP contribution in [0.5, 0.6) is 0 Å². The standard InChI is InChI=1S/C13H16O2S/c1-2-6-12(9-13(14)15)16-10-11-7-4-3-5-8-11/h3-8H,2,9-10H2,1H3,(H,14,15)/b12-6-. The summed E-state index contributed by atoms with van der Waals surface area (Å²) >= 11 is 1.61. The van der Waals surface area contributed by atoms with Gasteiger partial charge in [-0.25, -0.2) is 0 Å². The molecule has 0 aliphatic heterocycles. The summed E-state index contributed by atoms with van der Waals surface area (Å²) in [6.07, 6.45) is 3.00. The smallest absolute Gasteiger partial charge is 0.308 e. The van der Waals surface area contributed by atoms with E-state index in [1.807, 2.05) is 31.2 Å². The van der Waals surface area contributed by atoms with Gasteiger partial charge in [-0.05, 0) is 16.9 Å². The minimum atomic E-state index is -0.764. The lowest BCUT2D eigenvalue weighted by Gasteiger charge is -2.04. The number of benzene rings is 1. The number of thioether (sulfide) groups is 1.